The minimum absolute atomic E-state index is 0.212. The second-order valence-electron chi connectivity index (χ2n) is 4.52. The van der Waals surface area contributed by atoms with Crippen LogP contribution in [0.15, 0.2) is 5.16 Å². The number of anilines is 1. The second-order valence-corrected chi connectivity index (χ2v) is 6.55. The lowest BCUT2D eigenvalue weighted by Gasteiger charge is -2.03. The number of nitrogens with two attached hydrogens (primary N) is 1. The van der Waals surface area contributed by atoms with E-state index in [1.54, 1.807) is 18.3 Å². The fourth-order valence-electron chi connectivity index (χ4n) is 2.39. The van der Waals surface area contributed by atoms with E-state index in [1.807, 2.05) is 0 Å². The van der Waals surface area contributed by atoms with Gasteiger partial charge in [-0.05, 0) is 31.7 Å². The van der Waals surface area contributed by atoms with Crippen LogP contribution < -0.4 is 5.73 Å². The highest BCUT2D eigenvalue weighted by atomic mass is 32.2. The number of hydrogen-bond donors (Lipinski definition) is 1. The lowest BCUT2D eigenvalue weighted by molar-refractivity contribution is -0.139. The molecule has 0 saturated carbocycles. The summed E-state index contributed by atoms with van der Waals surface area (Å²) < 4.78 is 4.89. The Morgan fingerprint density at radius 1 is 1.45 bits per heavy atom. The van der Waals surface area contributed by atoms with E-state index in [4.69, 9.17) is 10.5 Å². The van der Waals surface area contributed by atoms with Crippen LogP contribution in [0.3, 0.4) is 0 Å². The van der Waals surface area contributed by atoms with Gasteiger partial charge in [-0.25, -0.2) is 9.97 Å². The zero-order valence-electron chi connectivity index (χ0n) is 11.1. The topological polar surface area (TPSA) is 78.1 Å². The fourth-order valence-corrected chi connectivity index (χ4v) is 4.37. The smallest absolute Gasteiger partial charge is 0.316 e. The van der Waals surface area contributed by atoms with Crippen LogP contribution in [0.1, 0.15) is 23.8 Å². The molecule has 3 rings (SSSR count). The van der Waals surface area contributed by atoms with Gasteiger partial charge in [-0.2, -0.15) is 0 Å². The lowest BCUT2D eigenvalue weighted by atomic mass is 10.2. The van der Waals surface area contributed by atoms with Crippen molar-refractivity contribution in [2.45, 2.75) is 31.3 Å². The summed E-state index contributed by atoms with van der Waals surface area (Å²) >= 11 is 2.97. The zero-order chi connectivity index (χ0) is 14.1. The average molecular weight is 309 g/mol. The molecule has 106 valence electrons. The van der Waals surface area contributed by atoms with Gasteiger partial charge in [0.05, 0.1) is 17.7 Å². The molecular formula is C13H15N3O2S2. The predicted molar refractivity (Wildman–Crippen MR) is 81.2 cm³/mol. The molecule has 0 fully saturated rings. The van der Waals surface area contributed by atoms with Crippen molar-refractivity contribution in [3.05, 3.63) is 10.4 Å². The number of thiophene rings is 1. The molecule has 2 aromatic heterocycles. The monoisotopic (exact) mass is 309 g/mol. The molecule has 0 amide bonds. The van der Waals surface area contributed by atoms with Crippen molar-refractivity contribution in [3.8, 4) is 0 Å². The number of carbonyl (C=O) groups is 1. The Balaban J connectivity index is 1.85. The third-order valence-corrected chi connectivity index (χ3v) is 5.20. The maximum Gasteiger partial charge on any atom is 0.316 e. The molecule has 0 atom stereocenters. The Hall–Kier alpha value is -1.34. The van der Waals surface area contributed by atoms with Crippen molar-refractivity contribution >= 4 is 45.1 Å². The number of esters is 1. The number of thioether (sulfide) groups is 1. The van der Waals surface area contributed by atoms with Gasteiger partial charge in [0.1, 0.15) is 10.6 Å². The molecule has 0 aliphatic heterocycles. The number of aromatic nitrogens is 2. The van der Waals surface area contributed by atoms with Gasteiger partial charge >= 0.3 is 5.97 Å². The van der Waals surface area contributed by atoms with Crippen molar-refractivity contribution in [1.29, 1.82) is 0 Å². The lowest BCUT2D eigenvalue weighted by Crippen LogP contribution is -2.07. The summed E-state index contributed by atoms with van der Waals surface area (Å²) in [7, 11) is 0. The fraction of sp³-hybridized carbons (Fsp3) is 0.462. The number of hydrogen-bond acceptors (Lipinski definition) is 7. The zero-order valence-corrected chi connectivity index (χ0v) is 12.8. The Labute approximate surface area is 124 Å². The van der Waals surface area contributed by atoms with Gasteiger partial charge in [0, 0.05) is 4.88 Å². The molecule has 7 heteroatoms. The first-order chi connectivity index (χ1) is 9.69. The van der Waals surface area contributed by atoms with Crippen molar-refractivity contribution in [3.63, 3.8) is 0 Å². The first-order valence-electron chi connectivity index (χ1n) is 6.55. The van der Waals surface area contributed by atoms with E-state index in [9.17, 15) is 4.79 Å². The first kappa shape index (κ1) is 13.6. The maximum absolute atomic E-state index is 11.4. The van der Waals surface area contributed by atoms with Crippen LogP contribution in [0.4, 0.5) is 5.82 Å². The van der Waals surface area contributed by atoms with Crippen molar-refractivity contribution < 1.29 is 9.53 Å². The molecule has 2 N–H and O–H groups in total. The van der Waals surface area contributed by atoms with Crippen LogP contribution in [-0.2, 0) is 22.4 Å². The Morgan fingerprint density at radius 2 is 2.30 bits per heavy atom. The van der Waals surface area contributed by atoms with E-state index in [-0.39, 0.29) is 11.7 Å². The summed E-state index contributed by atoms with van der Waals surface area (Å²) in [5.41, 5.74) is 7.39. The van der Waals surface area contributed by atoms with E-state index in [0.717, 1.165) is 23.1 Å². The minimum Gasteiger partial charge on any atom is -0.465 e. The van der Waals surface area contributed by atoms with Gasteiger partial charge in [0.25, 0.3) is 0 Å². The van der Waals surface area contributed by atoms with Crippen LogP contribution in [0.5, 0.6) is 0 Å². The highest BCUT2D eigenvalue weighted by Crippen LogP contribution is 2.39. The molecule has 0 aromatic carbocycles. The van der Waals surface area contributed by atoms with Gasteiger partial charge in [-0.1, -0.05) is 11.8 Å². The Kier molecular flexibility index (Phi) is 3.80. The van der Waals surface area contributed by atoms with Crippen LogP contribution >= 0.6 is 23.1 Å². The number of aryl methyl sites for hydroxylation is 2. The molecule has 2 heterocycles. The SMILES string of the molecule is CCOC(=O)CSc1nc(N)c2c3c(sc2n1)CCC3. The van der Waals surface area contributed by atoms with Gasteiger partial charge in [0.15, 0.2) is 5.16 Å². The quantitative estimate of drug-likeness (QED) is 0.531. The third kappa shape index (κ3) is 2.47. The van der Waals surface area contributed by atoms with Crippen LogP contribution in [0, 0.1) is 0 Å². The number of fused-ring (bicyclic) bond motifs is 3. The number of rotatable bonds is 4. The highest BCUT2D eigenvalue weighted by molar-refractivity contribution is 7.99. The molecule has 0 spiro atoms. The van der Waals surface area contributed by atoms with Crippen LogP contribution in [0.25, 0.3) is 10.2 Å². The largest absolute Gasteiger partial charge is 0.465 e. The summed E-state index contributed by atoms with van der Waals surface area (Å²) in [4.78, 5) is 22.5. The first-order valence-corrected chi connectivity index (χ1v) is 8.35. The molecular weight excluding hydrogens is 294 g/mol. The number of ether oxygens (including phenoxy) is 1. The molecule has 0 unspecified atom stereocenters. The molecule has 1 aliphatic rings. The average Bonchev–Trinajstić information content (AvgIpc) is 2.96. The third-order valence-electron chi connectivity index (χ3n) is 3.20. The van der Waals surface area contributed by atoms with E-state index < -0.39 is 0 Å². The van der Waals surface area contributed by atoms with Gasteiger partial charge in [-0.3, -0.25) is 4.79 Å². The molecule has 0 radical (unpaired) electrons. The predicted octanol–water partition coefficient (Wildman–Crippen LogP) is 2.42. The van der Waals surface area contributed by atoms with Crippen molar-refractivity contribution in [1.82, 2.24) is 9.97 Å². The second kappa shape index (κ2) is 5.57. The van der Waals surface area contributed by atoms with E-state index in [1.165, 1.54) is 28.6 Å². The van der Waals surface area contributed by atoms with Crippen molar-refractivity contribution in [2.24, 2.45) is 0 Å². The van der Waals surface area contributed by atoms with Crippen LogP contribution in [0.2, 0.25) is 0 Å². The summed E-state index contributed by atoms with van der Waals surface area (Å²) in [6.45, 7) is 2.18. The number of carbonyl (C=O) groups excluding carboxylic acids is 1. The number of nitrogens with zero attached hydrogens (tertiary/aromatic N) is 2. The minimum atomic E-state index is -0.256. The molecule has 2 aromatic rings. The van der Waals surface area contributed by atoms with E-state index in [2.05, 4.69) is 9.97 Å². The molecule has 0 saturated heterocycles. The summed E-state index contributed by atoms with van der Waals surface area (Å²) in [6.07, 6.45) is 3.37. The van der Waals surface area contributed by atoms with E-state index in [0.29, 0.717) is 17.6 Å². The summed E-state index contributed by atoms with van der Waals surface area (Å²) in [6, 6.07) is 0. The Bertz CT molecular complexity index is 669. The standard InChI is InChI=1S/C13H15N3O2S2/c1-2-18-9(17)6-19-13-15-11(14)10-7-4-3-5-8(7)20-12(10)16-13/h2-6H2,1H3,(H2,14,15,16). The van der Waals surface area contributed by atoms with E-state index >= 15 is 0 Å². The van der Waals surface area contributed by atoms with Gasteiger partial charge in [-0.15, -0.1) is 11.3 Å². The molecule has 20 heavy (non-hydrogen) atoms. The maximum atomic E-state index is 11.4. The number of nitrogen functional groups attached to an aromatic ring is 1. The van der Waals surface area contributed by atoms with Crippen molar-refractivity contribution in [2.75, 3.05) is 18.1 Å². The molecule has 0 bridgehead atoms. The summed E-state index contributed by atoms with van der Waals surface area (Å²) in [5.74, 6) is 0.485. The van der Waals surface area contributed by atoms with Gasteiger partial charge < -0.3 is 10.5 Å². The van der Waals surface area contributed by atoms with Gasteiger partial charge in [0.2, 0.25) is 0 Å². The normalized spacial score (nSPS) is 13.7. The Morgan fingerprint density at radius 3 is 3.10 bits per heavy atom. The van der Waals surface area contributed by atoms with Crippen LogP contribution in [-0.4, -0.2) is 28.3 Å². The molecule has 5 nitrogen and oxygen atoms in total. The highest BCUT2D eigenvalue weighted by Gasteiger charge is 2.21. The summed E-state index contributed by atoms with van der Waals surface area (Å²) in [5, 5.41) is 1.56. The molecule has 1 aliphatic carbocycles.